The topological polar surface area (TPSA) is 91.4 Å². The Hall–Kier alpha value is -4.80. The summed E-state index contributed by atoms with van der Waals surface area (Å²) in [5.74, 6) is 1.83. The van der Waals surface area contributed by atoms with Gasteiger partial charge in [0, 0.05) is 42.9 Å². The molecular formula is C27H23F3N6O2. The van der Waals surface area contributed by atoms with Crippen LogP contribution >= 0.6 is 0 Å². The summed E-state index contributed by atoms with van der Waals surface area (Å²) in [6.45, 7) is 2.96. The molecule has 1 aromatic heterocycles. The van der Waals surface area contributed by atoms with Gasteiger partial charge in [0.2, 0.25) is 0 Å². The number of carbonyl (C=O) groups excluding carboxylic acids is 1. The molecule has 4 aromatic rings. The molecule has 5 rings (SSSR count). The number of ether oxygens (including phenoxy) is 1. The summed E-state index contributed by atoms with van der Waals surface area (Å²) in [5.41, 5.74) is 1.18. The lowest BCUT2D eigenvalue weighted by Gasteiger charge is -2.22. The Bertz CT molecular complexity index is 1510. The molecule has 194 valence electrons. The minimum Gasteiger partial charge on any atom is -0.457 e. The van der Waals surface area contributed by atoms with E-state index in [1.54, 1.807) is 42.6 Å². The summed E-state index contributed by atoms with van der Waals surface area (Å²) in [6, 6.07) is 15.0. The maximum absolute atomic E-state index is 13.1. The summed E-state index contributed by atoms with van der Waals surface area (Å²) in [7, 11) is 0. The van der Waals surface area contributed by atoms with E-state index >= 15 is 0 Å². The van der Waals surface area contributed by atoms with Gasteiger partial charge >= 0.3 is 12.2 Å². The fourth-order valence-electron chi connectivity index (χ4n) is 3.90. The zero-order valence-electron chi connectivity index (χ0n) is 20.2. The van der Waals surface area contributed by atoms with E-state index in [0.29, 0.717) is 22.7 Å². The molecule has 8 nitrogen and oxygen atoms in total. The highest BCUT2D eigenvalue weighted by Gasteiger charge is 2.32. The maximum Gasteiger partial charge on any atom is 0.416 e. The van der Waals surface area contributed by atoms with Gasteiger partial charge in [-0.2, -0.15) is 13.2 Å². The molecule has 0 unspecified atom stereocenters. The van der Waals surface area contributed by atoms with Crippen molar-refractivity contribution in [2.24, 2.45) is 0 Å². The van der Waals surface area contributed by atoms with E-state index in [9.17, 15) is 18.0 Å². The number of urea groups is 1. The second-order valence-corrected chi connectivity index (χ2v) is 8.58. The lowest BCUT2D eigenvalue weighted by atomic mass is 10.1. The molecule has 11 heteroatoms. The quantitative estimate of drug-likeness (QED) is 0.287. The largest absolute Gasteiger partial charge is 0.457 e. The lowest BCUT2D eigenvalue weighted by molar-refractivity contribution is -0.138. The first kappa shape index (κ1) is 24.9. The zero-order chi connectivity index (χ0) is 26.7. The molecule has 2 amide bonds. The number of anilines is 3. The molecule has 3 N–H and O–H groups in total. The van der Waals surface area contributed by atoms with Crippen molar-refractivity contribution in [3.05, 3.63) is 90.4 Å². The minimum absolute atomic E-state index is 0.0379. The van der Waals surface area contributed by atoms with Gasteiger partial charge in [0.05, 0.1) is 22.8 Å². The van der Waals surface area contributed by atoms with Gasteiger partial charge in [0.1, 0.15) is 11.5 Å². The predicted octanol–water partition coefficient (Wildman–Crippen LogP) is 6.27. The Morgan fingerprint density at radius 2 is 1.71 bits per heavy atom. The van der Waals surface area contributed by atoms with Crippen LogP contribution < -0.4 is 25.6 Å². The molecule has 0 atom stereocenters. The summed E-state index contributed by atoms with van der Waals surface area (Å²) in [6.07, 6.45) is 1.00. The van der Waals surface area contributed by atoms with Crippen LogP contribution in [-0.4, -0.2) is 29.1 Å². The van der Waals surface area contributed by atoms with Crippen molar-refractivity contribution in [2.75, 3.05) is 28.6 Å². The van der Waals surface area contributed by atoms with Gasteiger partial charge in [0.15, 0.2) is 5.82 Å². The van der Waals surface area contributed by atoms with E-state index in [2.05, 4.69) is 20.9 Å². The van der Waals surface area contributed by atoms with Crippen molar-refractivity contribution in [2.45, 2.75) is 13.1 Å². The zero-order valence-corrected chi connectivity index (χ0v) is 20.2. The second kappa shape index (κ2) is 10.3. The molecule has 0 aliphatic carbocycles. The molecular weight excluding hydrogens is 497 g/mol. The number of hydrogen-bond donors (Lipinski definition) is 3. The normalized spacial score (nSPS) is 13.2. The van der Waals surface area contributed by atoms with Crippen LogP contribution in [0.1, 0.15) is 11.1 Å². The van der Waals surface area contributed by atoms with E-state index < -0.39 is 17.8 Å². The molecule has 2 heterocycles. The third-order valence-electron chi connectivity index (χ3n) is 5.81. The van der Waals surface area contributed by atoms with Gasteiger partial charge in [-0.1, -0.05) is 6.07 Å². The second-order valence-electron chi connectivity index (χ2n) is 8.58. The highest BCUT2D eigenvalue weighted by atomic mass is 19.4. The molecule has 0 spiro atoms. The summed E-state index contributed by atoms with van der Waals surface area (Å²) >= 11 is 0. The summed E-state index contributed by atoms with van der Waals surface area (Å²) < 4.78 is 45.3. The first-order valence-corrected chi connectivity index (χ1v) is 11.7. The summed E-state index contributed by atoms with van der Waals surface area (Å²) in [5, 5.41) is 8.16. The standard InChI is InChI=1S/C27H23F3N6O2/c1-17-2-3-19(14-22(17)27(28,29)30)34-26(37)33-18-4-6-20(7-5-18)38-21-8-9-23-24(15-21)35-25(16-32-23)36-12-10-31-11-13-36/h2-10,12,14-16,31H,11,13H2,1H3,(H2,33,34,37). The maximum atomic E-state index is 13.1. The number of aromatic nitrogens is 2. The van der Waals surface area contributed by atoms with E-state index in [1.807, 2.05) is 23.4 Å². The average molecular weight is 521 g/mol. The number of fused-ring (bicyclic) bond motifs is 1. The van der Waals surface area contributed by atoms with E-state index in [1.165, 1.54) is 19.1 Å². The Labute approximate surface area is 216 Å². The third kappa shape index (κ3) is 5.77. The Kier molecular flexibility index (Phi) is 6.73. The Morgan fingerprint density at radius 3 is 2.45 bits per heavy atom. The van der Waals surface area contributed by atoms with Crippen LogP contribution in [0.25, 0.3) is 11.0 Å². The number of nitrogens with zero attached hydrogens (tertiary/aromatic N) is 3. The molecule has 0 radical (unpaired) electrons. The Morgan fingerprint density at radius 1 is 0.974 bits per heavy atom. The van der Waals surface area contributed by atoms with Crippen LogP contribution in [0, 0.1) is 6.92 Å². The van der Waals surface area contributed by atoms with Gasteiger partial charge in [-0.25, -0.2) is 9.78 Å². The van der Waals surface area contributed by atoms with Gasteiger partial charge in [-0.15, -0.1) is 0 Å². The van der Waals surface area contributed by atoms with Gasteiger partial charge in [-0.05, 0) is 61.0 Å². The van der Waals surface area contributed by atoms with Crippen LogP contribution in [0.3, 0.4) is 0 Å². The fraction of sp³-hybridized carbons (Fsp3) is 0.148. The average Bonchev–Trinajstić information content (AvgIpc) is 2.90. The van der Waals surface area contributed by atoms with Crippen LogP contribution in [0.2, 0.25) is 0 Å². The molecule has 0 saturated carbocycles. The van der Waals surface area contributed by atoms with Gasteiger partial charge in [0.25, 0.3) is 0 Å². The number of hydrogen-bond acceptors (Lipinski definition) is 6. The molecule has 1 aliphatic rings. The molecule has 0 bridgehead atoms. The van der Waals surface area contributed by atoms with Crippen molar-refractivity contribution in [3.8, 4) is 11.5 Å². The van der Waals surface area contributed by atoms with Crippen molar-refractivity contribution in [3.63, 3.8) is 0 Å². The highest BCUT2D eigenvalue weighted by molar-refractivity contribution is 5.99. The molecule has 1 aliphatic heterocycles. The third-order valence-corrected chi connectivity index (χ3v) is 5.81. The number of amides is 2. The monoisotopic (exact) mass is 520 g/mol. The van der Waals surface area contributed by atoms with Crippen molar-refractivity contribution in [1.29, 1.82) is 0 Å². The first-order valence-electron chi connectivity index (χ1n) is 11.7. The molecule has 38 heavy (non-hydrogen) atoms. The first-order chi connectivity index (χ1) is 18.2. The summed E-state index contributed by atoms with van der Waals surface area (Å²) in [4.78, 5) is 23.5. The smallest absolute Gasteiger partial charge is 0.416 e. The SMILES string of the molecule is Cc1ccc(NC(=O)Nc2ccc(Oc3ccc4ncc(N5C=CNCC5)nc4c3)cc2)cc1C(F)(F)F. The van der Waals surface area contributed by atoms with Crippen molar-refractivity contribution < 1.29 is 22.7 Å². The number of carbonyl (C=O) groups is 1. The Balaban J connectivity index is 1.23. The van der Waals surface area contributed by atoms with Crippen LogP contribution in [0.5, 0.6) is 11.5 Å². The minimum atomic E-state index is -4.50. The number of aryl methyl sites for hydroxylation is 1. The van der Waals surface area contributed by atoms with Crippen molar-refractivity contribution in [1.82, 2.24) is 15.3 Å². The number of rotatable bonds is 5. The number of benzene rings is 3. The fourth-order valence-corrected chi connectivity index (χ4v) is 3.90. The van der Waals surface area contributed by atoms with E-state index in [0.717, 1.165) is 30.5 Å². The van der Waals surface area contributed by atoms with E-state index in [4.69, 9.17) is 9.72 Å². The van der Waals surface area contributed by atoms with E-state index in [-0.39, 0.29) is 11.3 Å². The molecule has 0 saturated heterocycles. The van der Waals surface area contributed by atoms with Crippen LogP contribution in [0.15, 0.2) is 79.3 Å². The van der Waals surface area contributed by atoms with Gasteiger partial charge in [-0.3, -0.25) is 4.98 Å². The predicted molar refractivity (Wildman–Crippen MR) is 139 cm³/mol. The van der Waals surface area contributed by atoms with Gasteiger partial charge < -0.3 is 25.6 Å². The number of nitrogens with one attached hydrogen (secondary N) is 3. The molecule has 0 fully saturated rings. The number of halogens is 3. The number of alkyl halides is 3. The molecule has 3 aromatic carbocycles. The van der Waals surface area contributed by atoms with Crippen LogP contribution in [0.4, 0.5) is 35.2 Å². The van der Waals surface area contributed by atoms with Crippen LogP contribution in [-0.2, 0) is 6.18 Å². The lowest BCUT2D eigenvalue weighted by Crippen LogP contribution is -2.31. The highest BCUT2D eigenvalue weighted by Crippen LogP contribution is 2.33. The van der Waals surface area contributed by atoms with Crippen molar-refractivity contribution >= 4 is 34.3 Å².